The number of nitriles is 1. The molecule has 5 heteroatoms. The third-order valence-electron chi connectivity index (χ3n) is 4.86. The van der Waals surface area contributed by atoms with Gasteiger partial charge in [0.15, 0.2) is 0 Å². The molecule has 112 valence electrons. The quantitative estimate of drug-likeness (QED) is 0.695. The Labute approximate surface area is 133 Å². The molecule has 3 heterocycles. The lowest BCUT2D eigenvalue weighted by Crippen LogP contribution is -2.19. The smallest absolute Gasteiger partial charge is 0.109 e. The van der Waals surface area contributed by atoms with Gasteiger partial charge in [0.05, 0.1) is 28.0 Å². The number of pyridine rings is 1. The second-order valence-electron chi connectivity index (χ2n) is 6.19. The van der Waals surface area contributed by atoms with Crippen molar-refractivity contribution >= 4 is 32.6 Å². The zero-order valence-corrected chi connectivity index (χ0v) is 13.4. The summed E-state index contributed by atoms with van der Waals surface area (Å²) in [5.74, 6) is 1.67. The van der Waals surface area contributed by atoms with Crippen molar-refractivity contribution in [2.45, 2.75) is 45.1 Å². The Hall–Kier alpha value is -1.93. The van der Waals surface area contributed by atoms with E-state index in [2.05, 4.69) is 34.0 Å². The van der Waals surface area contributed by atoms with Gasteiger partial charge >= 0.3 is 0 Å². The number of fused-ring (bicyclic) bond motifs is 3. The van der Waals surface area contributed by atoms with Crippen molar-refractivity contribution in [3.05, 3.63) is 23.5 Å². The maximum absolute atomic E-state index is 8.88. The minimum absolute atomic E-state index is 0.507. The van der Waals surface area contributed by atoms with E-state index in [1.165, 1.54) is 10.2 Å². The van der Waals surface area contributed by atoms with E-state index in [1.807, 2.05) is 6.20 Å². The van der Waals surface area contributed by atoms with Crippen LogP contribution in [-0.2, 0) is 0 Å². The predicted octanol–water partition coefficient (Wildman–Crippen LogP) is 4.60. The molecule has 1 aliphatic carbocycles. The summed E-state index contributed by atoms with van der Waals surface area (Å²) in [5.41, 5.74) is 3.32. The molecule has 1 fully saturated rings. The second-order valence-corrected chi connectivity index (χ2v) is 7.11. The van der Waals surface area contributed by atoms with Crippen molar-refractivity contribution in [2.24, 2.45) is 5.92 Å². The normalized spacial score (nSPS) is 22.2. The van der Waals surface area contributed by atoms with Gasteiger partial charge in [-0.05, 0) is 50.0 Å². The highest BCUT2D eigenvalue weighted by Crippen LogP contribution is 2.38. The van der Waals surface area contributed by atoms with Crippen LogP contribution >= 0.6 is 11.3 Å². The van der Waals surface area contributed by atoms with Gasteiger partial charge in [-0.25, -0.2) is 4.98 Å². The third-order valence-corrected chi connectivity index (χ3v) is 5.77. The number of nitrogens with zero attached hydrogens (tertiary/aromatic N) is 4. The van der Waals surface area contributed by atoms with Crippen LogP contribution in [0.4, 0.5) is 0 Å². The fraction of sp³-hybridized carbons (Fsp3) is 0.471. The Morgan fingerprint density at radius 1 is 1.32 bits per heavy atom. The van der Waals surface area contributed by atoms with Gasteiger partial charge in [-0.2, -0.15) is 5.26 Å². The molecule has 3 aromatic heterocycles. The van der Waals surface area contributed by atoms with Crippen molar-refractivity contribution in [2.75, 3.05) is 0 Å². The van der Waals surface area contributed by atoms with Crippen molar-refractivity contribution in [1.29, 1.82) is 5.26 Å². The summed E-state index contributed by atoms with van der Waals surface area (Å²) >= 11 is 1.75. The molecule has 4 nitrogen and oxygen atoms in total. The molecule has 0 aromatic carbocycles. The Balaban J connectivity index is 1.77. The monoisotopic (exact) mass is 310 g/mol. The van der Waals surface area contributed by atoms with Gasteiger partial charge in [0.25, 0.3) is 0 Å². The number of hydrogen-bond donors (Lipinski definition) is 0. The molecule has 0 radical (unpaired) electrons. The zero-order chi connectivity index (χ0) is 15.1. The number of rotatable bonds is 2. The fourth-order valence-corrected chi connectivity index (χ4v) is 4.67. The van der Waals surface area contributed by atoms with E-state index in [0.29, 0.717) is 18.4 Å². The summed E-state index contributed by atoms with van der Waals surface area (Å²) < 4.78 is 3.68. The zero-order valence-electron chi connectivity index (χ0n) is 12.6. The first kappa shape index (κ1) is 13.7. The number of thiophene rings is 1. The molecule has 0 bridgehead atoms. The number of aromatic nitrogens is 3. The minimum Gasteiger partial charge on any atom is -0.324 e. The molecule has 22 heavy (non-hydrogen) atoms. The van der Waals surface area contributed by atoms with Gasteiger partial charge in [0.2, 0.25) is 0 Å². The average molecular weight is 310 g/mol. The number of hydrogen-bond acceptors (Lipinski definition) is 4. The molecule has 0 aliphatic heterocycles. The highest BCUT2D eigenvalue weighted by molar-refractivity contribution is 7.18. The summed E-state index contributed by atoms with van der Waals surface area (Å²) in [4.78, 5) is 9.23. The van der Waals surface area contributed by atoms with Gasteiger partial charge in [-0.1, -0.05) is 0 Å². The molecule has 4 rings (SSSR count). The standard InChI is InChI=1S/C17H18N4S/c1-11-20-15-10-19-14-7-9-22-17(14)16(15)21(11)13-4-2-12(3-5-13)6-8-18/h7,9-10,12-13H,2-6H2,1H3. The van der Waals surface area contributed by atoms with Crippen LogP contribution in [0.15, 0.2) is 17.6 Å². The van der Waals surface area contributed by atoms with Crippen molar-refractivity contribution in [3.8, 4) is 6.07 Å². The summed E-state index contributed by atoms with van der Waals surface area (Å²) in [6.07, 6.45) is 7.19. The number of imidazole rings is 1. The Kier molecular flexibility index (Phi) is 3.34. The third kappa shape index (κ3) is 2.10. The highest BCUT2D eigenvalue weighted by Gasteiger charge is 2.25. The Morgan fingerprint density at radius 2 is 2.14 bits per heavy atom. The molecule has 1 aliphatic rings. The van der Waals surface area contributed by atoms with Crippen LogP contribution < -0.4 is 0 Å². The molecule has 0 spiro atoms. The Bertz CT molecular complexity index is 862. The SMILES string of the molecule is Cc1nc2cnc3ccsc3c2n1C1CCC(CC#N)CC1. The molecular weight excluding hydrogens is 292 g/mol. The molecule has 0 amide bonds. The molecule has 0 saturated heterocycles. The van der Waals surface area contributed by atoms with Gasteiger partial charge in [-0.15, -0.1) is 11.3 Å². The topological polar surface area (TPSA) is 54.5 Å². The van der Waals surface area contributed by atoms with E-state index in [1.54, 1.807) is 11.3 Å². The van der Waals surface area contributed by atoms with Crippen LogP contribution in [0.25, 0.3) is 21.3 Å². The van der Waals surface area contributed by atoms with Crippen molar-refractivity contribution < 1.29 is 0 Å². The van der Waals surface area contributed by atoms with Gasteiger partial charge in [-0.3, -0.25) is 4.98 Å². The van der Waals surface area contributed by atoms with Crippen LogP contribution in [0.3, 0.4) is 0 Å². The first-order valence-electron chi connectivity index (χ1n) is 7.85. The van der Waals surface area contributed by atoms with E-state index >= 15 is 0 Å². The number of aryl methyl sites for hydroxylation is 1. The van der Waals surface area contributed by atoms with Gasteiger partial charge < -0.3 is 4.57 Å². The maximum Gasteiger partial charge on any atom is 0.109 e. The second kappa shape index (κ2) is 5.36. The molecule has 0 atom stereocenters. The van der Waals surface area contributed by atoms with E-state index in [0.717, 1.165) is 42.5 Å². The molecule has 0 N–H and O–H groups in total. The van der Waals surface area contributed by atoms with E-state index in [4.69, 9.17) is 10.2 Å². The van der Waals surface area contributed by atoms with Crippen molar-refractivity contribution in [1.82, 2.24) is 14.5 Å². The van der Waals surface area contributed by atoms with Crippen molar-refractivity contribution in [3.63, 3.8) is 0 Å². The Morgan fingerprint density at radius 3 is 2.91 bits per heavy atom. The first-order valence-corrected chi connectivity index (χ1v) is 8.73. The summed E-state index contributed by atoms with van der Waals surface area (Å²) in [6.45, 7) is 2.10. The average Bonchev–Trinajstić information content (AvgIpc) is 3.11. The van der Waals surface area contributed by atoms with E-state index < -0.39 is 0 Å². The van der Waals surface area contributed by atoms with Gasteiger partial charge in [0, 0.05) is 12.5 Å². The molecule has 3 aromatic rings. The van der Waals surface area contributed by atoms with E-state index in [9.17, 15) is 0 Å². The molecule has 0 unspecified atom stereocenters. The predicted molar refractivity (Wildman–Crippen MR) is 88.9 cm³/mol. The lowest BCUT2D eigenvalue weighted by molar-refractivity contribution is 0.279. The lowest BCUT2D eigenvalue weighted by atomic mass is 9.84. The highest BCUT2D eigenvalue weighted by atomic mass is 32.1. The largest absolute Gasteiger partial charge is 0.324 e. The van der Waals surface area contributed by atoms with Crippen LogP contribution in [0.2, 0.25) is 0 Å². The van der Waals surface area contributed by atoms with Crippen LogP contribution in [-0.4, -0.2) is 14.5 Å². The summed E-state index contributed by atoms with van der Waals surface area (Å²) in [5, 5.41) is 11.0. The maximum atomic E-state index is 8.88. The molecular formula is C17H18N4S. The van der Waals surface area contributed by atoms with Gasteiger partial charge in [0.1, 0.15) is 11.3 Å². The summed E-state index contributed by atoms with van der Waals surface area (Å²) in [6, 6.07) is 4.91. The first-order chi connectivity index (χ1) is 10.8. The summed E-state index contributed by atoms with van der Waals surface area (Å²) in [7, 11) is 0. The molecule has 1 saturated carbocycles. The fourth-order valence-electron chi connectivity index (χ4n) is 3.78. The van der Waals surface area contributed by atoms with Crippen LogP contribution in [0.5, 0.6) is 0 Å². The van der Waals surface area contributed by atoms with Crippen LogP contribution in [0.1, 0.15) is 44.0 Å². The van der Waals surface area contributed by atoms with Crippen LogP contribution in [0, 0.1) is 24.2 Å². The van der Waals surface area contributed by atoms with E-state index in [-0.39, 0.29) is 0 Å². The lowest BCUT2D eigenvalue weighted by Gasteiger charge is -2.29. The minimum atomic E-state index is 0.507.